The van der Waals surface area contributed by atoms with Crippen LogP contribution >= 0.6 is 15.9 Å². The highest BCUT2D eigenvalue weighted by molar-refractivity contribution is 9.10. The van der Waals surface area contributed by atoms with Gasteiger partial charge in [-0.25, -0.2) is 4.39 Å². The summed E-state index contributed by atoms with van der Waals surface area (Å²) in [4.78, 5) is 24.9. The molecule has 5 heteroatoms. The summed E-state index contributed by atoms with van der Waals surface area (Å²) in [5, 5.41) is 0. The molecule has 1 aromatic rings. The van der Waals surface area contributed by atoms with E-state index in [2.05, 4.69) is 15.9 Å². The second-order valence-electron chi connectivity index (χ2n) is 4.42. The fourth-order valence-electron chi connectivity index (χ4n) is 1.89. The van der Waals surface area contributed by atoms with Crippen molar-refractivity contribution in [2.24, 2.45) is 5.92 Å². The first-order valence-corrected chi connectivity index (χ1v) is 6.06. The molecular weight excluding hydrogens is 289 g/mol. The number of fused-ring (bicyclic) bond motifs is 1. The number of halogens is 2. The van der Waals surface area contributed by atoms with Gasteiger partial charge in [0.25, 0.3) is 11.7 Å². The molecule has 17 heavy (non-hydrogen) atoms. The number of hydrogen-bond acceptors (Lipinski definition) is 2. The highest BCUT2D eigenvalue weighted by Gasteiger charge is 2.37. The van der Waals surface area contributed by atoms with E-state index in [0.29, 0.717) is 16.7 Å². The summed E-state index contributed by atoms with van der Waals surface area (Å²) >= 11 is 3.20. The molecule has 0 spiro atoms. The average molecular weight is 300 g/mol. The van der Waals surface area contributed by atoms with Crippen LogP contribution in [0.5, 0.6) is 0 Å². The molecule has 0 aliphatic carbocycles. The first-order valence-electron chi connectivity index (χ1n) is 5.27. The number of Topliss-reactive ketones (excluding diaryl/α,β-unsaturated/α-hetero) is 1. The van der Waals surface area contributed by atoms with Crippen LogP contribution in [0.25, 0.3) is 0 Å². The van der Waals surface area contributed by atoms with Crippen molar-refractivity contribution in [3.8, 4) is 0 Å². The van der Waals surface area contributed by atoms with Gasteiger partial charge in [-0.2, -0.15) is 0 Å². The zero-order valence-electron chi connectivity index (χ0n) is 9.46. The van der Waals surface area contributed by atoms with E-state index in [4.69, 9.17) is 0 Å². The molecule has 0 saturated carbocycles. The summed E-state index contributed by atoms with van der Waals surface area (Å²) in [6.07, 6.45) is 0. The fourth-order valence-corrected chi connectivity index (χ4v) is 2.54. The number of carbonyl (C=O) groups excluding carboxylic acids is 2. The molecule has 1 aliphatic heterocycles. The predicted octanol–water partition coefficient (Wildman–Crippen LogP) is 2.77. The van der Waals surface area contributed by atoms with E-state index >= 15 is 0 Å². The second-order valence-corrected chi connectivity index (χ2v) is 5.28. The lowest BCUT2D eigenvalue weighted by Gasteiger charge is -2.19. The van der Waals surface area contributed by atoms with Crippen molar-refractivity contribution in [3.63, 3.8) is 0 Å². The quantitative estimate of drug-likeness (QED) is 0.788. The lowest BCUT2D eigenvalue weighted by atomic mass is 10.1. The molecule has 0 unspecified atom stereocenters. The van der Waals surface area contributed by atoms with Crippen LogP contribution in [0.15, 0.2) is 16.6 Å². The Morgan fingerprint density at radius 1 is 1.35 bits per heavy atom. The molecule has 0 N–H and O–H groups in total. The third-order valence-electron chi connectivity index (χ3n) is 2.53. The molecule has 3 nitrogen and oxygen atoms in total. The Labute approximate surface area is 107 Å². The van der Waals surface area contributed by atoms with Crippen LogP contribution in [0, 0.1) is 11.7 Å². The van der Waals surface area contributed by atoms with Gasteiger partial charge in [-0.05, 0) is 34.0 Å². The lowest BCUT2D eigenvalue weighted by Crippen LogP contribution is -2.33. The molecular formula is C12H11BrFNO2. The minimum absolute atomic E-state index is 0.141. The first-order chi connectivity index (χ1) is 7.91. The molecule has 0 saturated heterocycles. The van der Waals surface area contributed by atoms with Gasteiger partial charge in [0.05, 0.1) is 11.3 Å². The van der Waals surface area contributed by atoms with Crippen molar-refractivity contribution in [2.75, 3.05) is 11.4 Å². The van der Waals surface area contributed by atoms with Gasteiger partial charge in [0.1, 0.15) is 5.82 Å². The molecule has 1 aliphatic rings. The predicted molar refractivity (Wildman–Crippen MR) is 65.6 cm³/mol. The van der Waals surface area contributed by atoms with Gasteiger partial charge in [-0.1, -0.05) is 13.8 Å². The second kappa shape index (κ2) is 4.22. The molecule has 0 radical (unpaired) electrons. The van der Waals surface area contributed by atoms with Crippen molar-refractivity contribution < 1.29 is 14.0 Å². The monoisotopic (exact) mass is 299 g/mol. The van der Waals surface area contributed by atoms with Crippen molar-refractivity contribution >= 4 is 33.3 Å². The normalized spacial score (nSPS) is 14.8. The molecule has 1 heterocycles. The Kier molecular flexibility index (Phi) is 3.03. The van der Waals surface area contributed by atoms with Crippen molar-refractivity contribution in [2.45, 2.75) is 13.8 Å². The van der Waals surface area contributed by atoms with Crippen LogP contribution in [0.2, 0.25) is 0 Å². The third-order valence-corrected chi connectivity index (χ3v) is 3.13. The number of nitrogens with zero attached hydrogens (tertiary/aromatic N) is 1. The minimum Gasteiger partial charge on any atom is -0.303 e. The van der Waals surface area contributed by atoms with Crippen molar-refractivity contribution in [1.29, 1.82) is 0 Å². The fraction of sp³-hybridized carbons (Fsp3) is 0.333. The maximum absolute atomic E-state index is 13.2. The van der Waals surface area contributed by atoms with E-state index in [0.717, 1.165) is 6.07 Å². The number of rotatable bonds is 2. The summed E-state index contributed by atoms with van der Waals surface area (Å²) < 4.78 is 13.6. The third kappa shape index (κ3) is 1.99. The molecule has 0 bridgehead atoms. The first kappa shape index (κ1) is 12.2. The van der Waals surface area contributed by atoms with Crippen LogP contribution in [-0.4, -0.2) is 18.2 Å². The summed E-state index contributed by atoms with van der Waals surface area (Å²) in [7, 11) is 0. The molecule has 90 valence electrons. The van der Waals surface area contributed by atoms with E-state index in [-0.39, 0.29) is 11.5 Å². The Morgan fingerprint density at radius 2 is 2.00 bits per heavy atom. The van der Waals surface area contributed by atoms with Gasteiger partial charge in [-0.3, -0.25) is 9.59 Å². The summed E-state index contributed by atoms with van der Waals surface area (Å²) in [6.45, 7) is 4.35. The van der Waals surface area contributed by atoms with E-state index in [1.54, 1.807) is 0 Å². The maximum atomic E-state index is 13.2. The Morgan fingerprint density at radius 3 is 2.59 bits per heavy atom. The number of benzene rings is 1. The standard InChI is InChI=1S/C12H11BrFNO2/c1-6(2)5-15-10-8(11(16)12(15)17)3-7(14)4-9(10)13/h3-4,6H,5H2,1-2H3. The molecule has 1 amide bonds. The highest BCUT2D eigenvalue weighted by atomic mass is 79.9. The van der Waals surface area contributed by atoms with E-state index in [1.807, 2.05) is 13.8 Å². The van der Waals surface area contributed by atoms with Crippen molar-refractivity contribution in [1.82, 2.24) is 0 Å². The minimum atomic E-state index is -0.638. The zero-order valence-corrected chi connectivity index (χ0v) is 11.0. The maximum Gasteiger partial charge on any atom is 0.299 e. The smallest absolute Gasteiger partial charge is 0.299 e. The number of ketones is 1. The van der Waals surface area contributed by atoms with Gasteiger partial charge < -0.3 is 4.90 Å². The summed E-state index contributed by atoms with van der Waals surface area (Å²) in [5.41, 5.74) is 0.623. The molecule has 0 fully saturated rings. The van der Waals surface area contributed by atoms with Crippen LogP contribution in [0.1, 0.15) is 24.2 Å². The van der Waals surface area contributed by atoms with Gasteiger partial charge in [-0.15, -0.1) is 0 Å². The molecule has 1 aromatic carbocycles. The molecule has 0 atom stereocenters. The van der Waals surface area contributed by atoms with Gasteiger partial charge >= 0.3 is 0 Å². The van der Waals surface area contributed by atoms with Gasteiger partial charge in [0.15, 0.2) is 0 Å². The Bertz CT molecular complexity index is 513. The largest absolute Gasteiger partial charge is 0.303 e. The van der Waals surface area contributed by atoms with Gasteiger partial charge in [0, 0.05) is 11.0 Å². The van der Waals surface area contributed by atoms with Crippen LogP contribution in [0.3, 0.4) is 0 Å². The van der Waals surface area contributed by atoms with E-state index in [1.165, 1.54) is 11.0 Å². The zero-order chi connectivity index (χ0) is 12.7. The summed E-state index contributed by atoms with van der Waals surface area (Å²) in [5.74, 6) is -1.52. The van der Waals surface area contributed by atoms with Crippen LogP contribution in [-0.2, 0) is 4.79 Å². The number of carbonyl (C=O) groups is 2. The SMILES string of the molecule is CC(C)CN1C(=O)C(=O)c2cc(F)cc(Br)c21. The van der Waals surface area contributed by atoms with Gasteiger partial charge in [0.2, 0.25) is 0 Å². The molecule has 0 aromatic heterocycles. The van der Waals surface area contributed by atoms with Crippen molar-refractivity contribution in [3.05, 3.63) is 28.0 Å². The topological polar surface area (TPSA) is 37.4 Å². The summed E-state index contributed by atoms with van der Waals surface area (Å²) in [6, 6.07) is 2.37. The van der Waals surface area contributed by atoms with Crippen LogP contribution in [0.4, 0.5) is 10.1 Å². The average Bonchev–Trinajstić information content (AvgIpc) is 2.43. The lowest BCUT2D eigenvalue weighted by molar-refractivity contribution is -0.114. The van der Waals surface area contributed by atoms with Crippen LogP contribution < -0.4 is 4.90 Å². The highest BCUT2D eigenvalue weighted by Crippen LogP contribution is 2.37. The number of amides is 1. The number of hydrogen-bond donors (Lipinski definition) is 0. The van der Waals surface area contributed by atoms with E-state index < -0.39 is 17.5 Å². The molecule has 2 rings (SSSR count). The Hall–Kier alpha value is -1.23. The van der Waals surface area contributed by atoms with E-state index in [9.17, 15) is 14.0 Å². The Balaban J connectivity index is 2.56. The number of anilines is 1.